The zero-order valence-corrected chi connectivity index (χ0v) is 12.7. The fraction of sp³-hybridized carbons (Fsp3) is 0.429. The van der Waals surface area contributed by atoms with Gasteiger partial charge in [0.25, 0.3) is 0 Å². The minimum atomic E-state index is 0.582. The van der Waals surface area contributed by atoms with Gasteiger partial charge < -0.3 is 14.0 Å². The molecule has 0 N–H and O–H groups in total. The van der Waals surface area contributed by atoms with Crippen LogP contribution in [-0.4, -0.2) is 29.5 Å². The van der Waals surface area contributed by atoms with Gasteiger partial charge in [0.15, 0.2) is 16.7 Å². The molecule has 0 aliphatic carbocycles. The van der Waals surface area contributed by atoms with Crippen molar-refractivity contribution >= 4 is 22.8 Å². The lowest BCUT2D eigenvalue weighted by Crippen LogP contribution is -1.93. The van der Waals surface area contributed by atoms with Gasteiger partial charge in [0.05, 0.1) is 31.3 Å². The van der Waals surface area contributed by atoms with Crippen molar-refractivity contribution in [3.05, 3.63) is 12.1 Å². The minimum absolute atomic E-state index is 0.582. The van der Waals surface area contributed by atoms with Crippen molar-refractivity contribution in [2.24, 2.45) is 7.05 Å². The van der Waals surface area contributed by atoms with Crippen molar-refractivity contribution < 1.29 is 9.47 Å². The number of nitriles is 1. The van der Waals surface area contributed by atoms with Crippen LogP contribution in [0.3, 0.4) is 0 Å². The Morgan fingerprint density at radius 1 is 1.30 bits per heavy atom. The first-order chi connectivity index (χ1) is 9.71. The van der Waals surface area contributed by atoms with Crippen molar-refractivity contribution in [3.63, 3.8) is 0 Å². The van der Waals surface area contributed by atoms with E-state index in [0.29, 0.717) is 17.9 Å². The molecule has 0 amide bonds. The van der Waals surface area contributed by atoms with Crippen LogP contribution >= 0.6 is 11.8 Å². The summed E-state index contributed by atoms with van der Waals surface area (Å²) >= 11 is 1.66. The summed E-state index contributed by atoms with van der Waals surface area (Å²) in [6, 6.07) is 5.97. The molecule has 20 heavy (non-hydrogen) atoms. The molecular formula is C14H17N3O2S. The number of thioether (sulfide) groups is 1. The van der Waals surface area contributed by atoms with E-state index in [2.05, 4.69) is 11.1 Å². The highest BCUT2D eigenvalue weighted by molar-refractivity contribution is 7.99. The Hall–Kier alpha value is -1.87. The Morgan fingerprint density at radius 3 is 2.65 bits per heavy atom. The number of rotatable bonds is 6. The first kappa shape index (κ1) is 14.5. The third-order valence-electron chi connectivity index (χ3n) is 3.01. The van der Waals surface area contributed by atoms with Crippen LogP contribution in [0.1, 0.15) is 12.8 Å². The summed E-state index contributed by atoms with van der Waals surface area (Å²) in [7, 11) is 5.22. The zero-order valence-electron chi connectivity index (χ0n) is 11.8. The summed E-state index contributed by atoms with van der Waals surface area (Å²) in [5, 5.41) is 9.48. The maximum atomic E-state index is 8.54. The van der Waals surface area contributed by atoms with Gasteiger partial charge in [-0.05, 0) is 6.42 Å². The van der Waals surface area contributed by atoms with Gasteiger partial charge in [0, 0.05) is 31.4 Å². The van der Waals surface area contributed by atoms with Gasteiger partial charge in [-0.2, -0.15) is 5.26 Å². The summed E-state index contributed by atoms with van der Waals surface area (Å²) in [6.07, 6.45) is 1.45. The third-order valence-corrected chi connectivity index (χ3v) is 4.13. The molecular weight excluding hydrogens is 274 g/mol. The molecule has 0 saturated carbocycles. The molecule has 0 aliphatic heterocycles. The number of ether oxygens (including phenoxy) is 2. The lowest BCUT2D eigenvalue weighted by atomic mass is 10.2. The second-order valence-corrected chi connectivity index (χ2v) is 5.32. The van der Waals surface area contributed by atoms with Crippen LogP contribution in [0.2, 0.25) is 0 Å². The molecule has 2 aromatic rings. The molecule has 0 atom stereocenters. The van der Waals surface area contributed by atoms with E-state index in [1.807, 2.05) is 23.7 Å². The highest BCUT2D eigenvalue weighted by Gasteiger charge is 2.13. The van der Waals surface area contributed by atoms with Crippen LogP contribution in [0, 0.1) is 11.3 Å². The number of nitrogens with zero attached hydrogens (tertiary/aromatic N) is 3. The van der Waals surface area contributed by atoms with Gasteiger partial charge in [-0.15, -0.1) is 0 Å². The molecule has 1 heterocycles. The monoisotopic (exact) mass is 291 g/mol. The average Bonchev–Trinajstić information content (AvgIpc) is 2.78. The number of methoxy groups -OCH3 is 2. The van der Waals surface area contributed by atoms with E-state index in [0.717, 1.165) is 28.4 Å². The molecule has 1 aromatic carbocycles. The van der Waals surface area contributed by atoms with Gasteiger partial charge in [0.2, 0.25) is 0 Å². The van der Waals surface area contributed by atoms with E-state index in [-0.39, 0.29) is 0 Å². The second kappa shape index (κ2) is 6.53. The Balaban J connectivity index is 2.30. The standard InChI is InChI=1S/C14H17N3O2S/c1-17-11-9-13(19-3)12(18-2)8-10(11)16-14(17)20-7-5-4-6-15/h8-9H,4-5,7H2,1-3H3. The SMILES string of the molecule is COc1cc2nc(SCCCC#N)n(C)c2cc1OC. The summed E-state index contributed by atoms with van der Waals surface area (Å²) in [4.78, 5) is 4.60. The molecule has 5 nitrogen and oxygen atoms in total. The molecule has 6 heteroatoms. The van der Waals surface area contributed by atoms with Gasteiger partial charge in [0.1, 0.15) is 0 Å². The predicted octanol–water partition coefficient (Wildman–Crippen LogP) is 2.99. The van der Waals surface area contributed by atoms with Crippen LogP contribution in [-0.2, 0) is 7.05 Å². The number of aryl methyl sites for hydroxylation is 1. The van der Waals surface area contributed by atoms with Crippen molar-refractivity contribution in [2.75, 3.05) is 20.0 Å². The molecule has 2 rings (SSSR count). The minimum Gasteiger partial charge on any atom is -0.493 e. The molecule has 1 aromatic heterocycles. The normalized spacial score (nSPS) is 10.5. The lowest BCUT2D eigenvalue weighted by molar-refractivity contribution is 0.355. The van der Waals surface area contributed by atoms with E-state index in [9.17, 15) is 0 Å². The van der Waals surface area contributed by atoms with Gasteiger partial charge >= 0.3 is 0 Å². The van der Waals surface area contributed by atoms with Crippen LogP contribution in [0.5, 0.6) is 11.5 Å². The Bertz CT molecular complexity index is 646. The molecule has 0 aliphatic rings. The molecule has 0 radical (unpaired) electrons. The fourth-order valence-corrected chi connectivity index (χ4v) is 2.87. The maximum Gasteiger partial charge on any atom is 0.168 e. The van der Waals surface area contributed by atoms with E-state index < -0.39 is 0 Å². The topological polar surface area (TPSA) is 60.1 Å². The van der Waals surface area contributed by atoms with Crippen molar-refractivity contribution in [3.8, 4) is 17.6 Å². The smallest absolute Gasteiger partial charge is 0.168 e. The van der Waals surface area contributed by atoms with Gasteiger partial charge in [-0.1, -0.05) is 11.8 Å². The number of imidazole rings is 1. The Labute approximate surface area is 122 Å². The summed E-state index contributed by atoms with van der Waals surface area (Å²) in [6.45, 7) is 0. The Morgan fingerprint density at radius 2 is 2.00 bits per heavy atom. The van der Waals surface area contributed by atoms with Crippen molar-refractivity contribution in [1.82, 2.24) is 9.55 Å². The molecule has 106 valence electrons. The highest BCUT2D eigenvalue weighted by atomic mass is 32.2. The van der Waals surface area contributed by atoms with Gasteiger partial charge in [-0.25, -0.2) is 4.98 Å². The molecule has 0 fully saturated rings. The fourth-order valence-electron chi connectivity index (χ4n) is 1.94. The van der Waals surface area contributed by atoms with Crippen LogP contribution in [0.15, 0.2) is 17.3 Å². The van der Waals surface area contributed by atoms with E-state index in [1.54, 1.807) is 26.0 Å². The average molecular weight is 291 g/mol. The quantitative estimate of drug-likeness (QED) is 0.605. The van der Waals surface area contributed by atoms with E-state index >= 15 is 0 Å². The molecule has 0 spiro atoms. The number of unbranched alkanes of at least 4 members (excludes halogenated alkanes) is 1. The molecule has 0 bridgehead atoms. The van der Waals surface area contributed by atoms with Crippen molar-refractivity contribution in [1.29, 1.82) is 5.26 Å². The summed E-state index contributed by atoms with van der Waals surface area (Å²) in [5.41, 5.74) is 1.89. The number of hydrogen-bond acceptors (Lipinski definition) is 5. The largest absolute Gasteiger partial charge is 0.493 e. The van der Waals surface area contributed by atoms with E-state index in [4.69, 9.17) is 14.7 Å². The number of fused-ring (bicyclic) bond motifs is 1. The molecule has 0 saturated heterocycles. The zero-order chi connectivity index (χ0) is 14.5. The molecule has 0 unspecified atom stereocenters. The first-order valence-electron chi connectivity index (χ1n) is 6.29. The summed E-state index contributed by atoms with van der Waals surface area (Å²) in [5.74, 6) is 2.27. The Kier molecular flexibility index (Phi) is 4.74. The van der Waals surface area contributed by atoms with Crippen molar-refractivity contribution in [2.45, 2.75) is 18.0 Å². The number of hydrogen-bond donors (Lipinski definition) is 0. The third kappa shape index (κ3) is 2.83. The van der Waals surface area contributed by atoms with Crippen LogP contribution < -0.4 is 9.47 Å². The highest BCUT2D eigenvalue weighted by Crippen LogP contribution is 2.33. The first-order valence-corrected chi connectivity index (χ1v) is 7.28. The maximum absolute atomic E-state index is 8.54. The van der Waals surface area contributed by atoms with Gasteiger partial charge in [-0.3, -0.25) is 0 Å². The second-order valence-electron chi connectivity index (χ2n) is 4.26. The van der Waals surface area contributed by atoms with Crippen LogP contribution in [0.25, 0.3) is 11.0 Å². The number of aromatic nitrogens is 2. The summed E-state index contributed by atoms with van der Waals surface area (Å²) < 4.78 is 12.6. The predicted molar refractivity (Wildman–Crippen MR) is 79.4 cm³/mol. The van der Waals surface area contributed by atoms with Crippen LogP contribution in [0.4, 0.5) is 0 Å². The number of benzene rings is 1. The lowest BCUT2D eigenvalue weighted by Gasteiger charge is -2.07. The van der Waals surface area contributed by atoms with E-state index in [1.165, 1.54) is 0 Å².